The van der Waals surface area contributed by atoms with E-state index in [2.05, 4.69) is 30.9 Å². The molecule has 0 radical (unpaired) electrons. The lowest BCUT2D eigenvalue weighted by Gasteiger charge is -2.19. The predicted octanol–water partition coefficient (Wildman–Crippen LogP) is 2.61. The monoisotopic (exact) mass is 481 g/mol. The molecule has 0 saturated carbocycles. The first-order valence-corrected chi connectivity index (χ1v) is 12.9. The zero-order valence-electron chi connectivity index (χ0n) is 18.0. The molecular formula is C21H27N3O6S2. The summed E-state index contributed by atoms with van der Waals surface area (Å²) in [6, 6.07) is 11.2. The fraction of sp³-hybridized carbons (Fsp3) is 0.333. The van der Waals surface area contributed by atoms with Gasteiger partial charge < -0.3 is 10.2 Å². The number of nitrogens with zero attached hydrogens (tertiary/aromatic N) is 1. The van der Waals surface area contributed by atoms with E-state index < -0.39 is 25.9 Å². The molecule has 9 nitrogen and oxygen atoms in total. The first-order chi connectivity index (χ1) is 14.8. The van der Waals surface area contributed by atoms with Crippen molar-refractivity contribution in [1.82, 2.24) is 10.1 Å². The second kappa shape index (κ2) is 8.64. The number of hydrazine groups is 1. The molecule has 4 N–H and O–H groups in total. The van der Waals surface area contributed by atoms with Crippen LogP contribution >= 0.6 is 0 Å². The minimum atomic E-state index is -3.93. The van der Waals surface area contributed by atoms with Crippen molar-refractivity contribution in [2.45, 2.75) is 43.9 Å². The number of aliphatic hydroxyl groups excluding tert-OH is 1. The van der Waals surface area contributed by atoms with Crippen LogP contribution in [0.1, 0.15) is 38.3 Å². The van der Waals surface area contributed by atoms with Gasteiger partial charge in [0.25, 0.3) is 10.0 Å². The van der Waals surface area contributed by atoms with Crippen molar-refractivity contribution in [1.29, 1.82) is 0 Å². The second-order valence-electron chi connectivity index (χ2n) is 8.52. The van der Waals surface area contributed by atoms with Gasteiger partial charge in [0.2, 0.25) is 15.9 Å². The van der Waals surface area contributed by atoms with Gasteiger partial charge in [-0.25, -0.2) is 13.1 Å². The number of phenols is 1. The number of benzene rings is 2. The fourth-order valence-electron chi connectivity index (χ4n) is 3.20. The molecule has 0 fully saturated rings. The van der Waals surface area contributed by atoms with Gasteiger partial charge in [-0.15, -0.1) is 0 Å². The van der Waals surface area contributed by atoms with Gasteiger partial charge in [-0.05, 0) is 53.6 Å². The van der Waals surface area contributed by atoms with E-state index in [1.54, 1.807) is 18.2 Å². The van der Waals surface area contributed by atoms with Crippen molar-refractivity contribution in [2.24, 2.45) is 0 Å². The summed E-state index contributed by atoms with van der Waals surface area (Å²) in [4.78, 5) is 0.198. The van der Waals surface area contributed by atoms with Crippen LogP contribution in [0.4, 0.5) is 5.69 Å². The summed E-state index contributed by atoms with van der Waals surface area (Å²) in [6.45, 7) is 6.37. The fourth-order valence-corrected chi connectivity index (χ4v) is 5.36. The molecule has 2 aromatic rings. The Morgan fingerprint density at radius 1 is 1.06 bits per heavy atom. The summed E-state index contributed by atoms with van der Waals surface area (Å²) in [5.74, 6) is -0.838. The van der Waals surface area contributed by atoms with Crippen LogP contribution < -0.4 is 14.6 Å². The van der Waals surface area contributed by atoms with Crippen LogP contribution in [0.2, 0.25) is 0 Å². The van der Waals surface area contributed by atoms with E-state index in [4.69, 9.17) is 0 Å². The molecule has 0 saturated heterocycles. The summed E-state index contributed by atoms with van der Waals surface area (Å²) < 4.78 is 52.1. The smallest absolute Gasteiger partial charge is 0.280 e. The molecule has 0 unspecified atom stereocenters. The third kappa shape index (κ3) is 5.34. The largest absolute Gasteiger partial charge is 0.506 e. The van der Waals surface area contributed by atoms with Crippen LogP contribution in [-0.4, -0.2) is 33.6 Å². The van der Waals surface area contributed by atoms with Crippen molar-refractivity contribution in [3.8, 4) is 5.75 Å². The van der Waals surface area contributed by atoms with Gasteiger partial charge in [0.05, 0.1) is 4.90 Å². The second-order valence-corrected chi connectivity index (χ2v) is 11.9. The number of anilines is 1. The first-order valence-electron chi connectivity index (χ1n) is 9.94. The molecule has 3 rings (SSSR count). The molecule has 1 heterocycles. The first kappa shape index (κ1) is 23.9. The van der Waals surface area contributed by atoms with E-state index in [1.807, 2.05) is 12.1 Å². The average molecular weight is 482 g/mol. The molecule has 0 bridgehead atoms. The van der Waals surface area contributed by atoms with E-state index in [0.29, 0.717) is 28.2 Å². The number of aliphatic hydroxyl groups is 1. The number of nitrogens with one attached hydrogen (secondary N) is 2. The van der Waals surface area contributed by atoms with Gasteiger partial charge in [0.1, 0.15) is 16.8 Å². The normalized spacial score (nSPS) is 16.0. The quantitative estimate of drug-likeness (QED) is 0.446. The van der Waals surface area contributed by atoms with Gasteiger partial charge in [0, 0.05) is 6.54 Å². The Balaban J connectivity index is 1.57. The van der Waals surface area contributed by atoms with Crippen molar-refractivity contribution in [3.63, 3.8) is 0 Å². The highest BCUT2D eigenvalue weighted by atomic mass is 32.2. The summed E-state index contributed by atoms with van der Waals surface area (Å²) in [6.07, 6.45) is 0.934. The molecule has 0 spiro atoms. The number of hydrogen-bond acceptors (Lipinski definition) is 7. The highest BCUT2D eigenvalue weighted by molar-refractivity contribution is 7.95. The van der Waals surface area contributed by atoms with Crippen molar-refractivity contribution in [2.75, 3.05) is 11.0 Å². The predicted molar refractivity (Wildman–Crippen MR) is 122 cm³/mol. The molecule has 0 aromatic heterocycles. The number of phenolic OH excluding ortho intramolecular Hbond substituents is 1. The molecule has 1 aliphatic heterocycles. The van der Waals surface area contributed by atoms with Crippen LogP contribution in [0.3, 0.4) is 0 Å². The van der Waals surface area contributed by atoms with Gasteiger partial charge in [-0.1, -0.05) is 39.0 Å². The molecule has 1 aliphatic rings. The summed E-state index contributed by atoms with van der Waals surface area (Å²) in [5.41, 5.74) is 3.89. The van der Waals surface area contributed by atoms with Crippen molar-refractivity contribution < 1.29 is 27.0 Å². The lowest BCUT2D eigenvalue weighted by molar-refractivity contribution is 0.374. The van der Waals surface area contributed by atoms with Crippen LogP contribution in [-0.2, 0) is 31.9 Å². The minimum absolute atomic E-state index is 0.0338. The maximum atomic E-state index is 12.5. The summed E-state index contributed by atoms with van der Waals surface area (Å²) in [5, 5.41) is 20.2. The maximum absolute atomic E-state index is 12.5. The van der Waals surface area contributed by atoms with E-state index in [1.165, 1.54) is 12.1 Å². The zero-order chi connectivity index (χ0) is 23.7. The number of aromatic hydroxyl groups is 1. The van der Waals surface area contributed by atoms with Gasteiger partial charge in [0.15, 0.2) is 0 Å². The Morgan fingerprint density at radius 3 is 2.25 bits per heavy atom. The van der Waals surface area contributed by atoms with E-state index in [-0.39, 0.29) is 28.3 Å². The lowest BCUT2D eigenvalue weighted by Crippen LogP contribution is -2.35. The highest BCUT2D eigenvalue weighted by Crippen LogP contribution is 2.32. The lowest BCUT2D eigenvalue weighted by atomic mass is 9.87. The molecule has 0 atom stereocenters. The van der Waals surface area contributed by atoms with Crippen LogP contribution in [0.25, 0.3) is 0 Å². The van der Waals surface area contributed by atoms with Crippen LogP contribution in [0, 0.1) is 0 Å². The van der Waals surface area contributed by atoms with Crippen LogP contribution in [0.5, 0.6) is 5.75 Å². The van der Waals surface area contributed by atoms with Crippen LogP contribution in [0.15, 0.2) is 58.7 Å². The number of aryl methyl sites for hydroxylation is 1. The number of hydrogen-bond donors (Lipinski definition) is 4. The highest BCUT2D eigenvalue weighted by Gasteiger charge is 2.30. The Hall–Kier alpha value is -2.76. The SMILES string of the molecule is CC(C)(C)c1ccc(S(=O)(=O)NCCCc2ccc(N3NC(O)=CS3(=O)=O)c(O)c2)cc1. The molecule has 2 aromatic carbocycles. The van der Waals surface area contributed by atoms with Gasteiger partial charge in [-0.3, -0.25) is 5.43 Å². The maximum Gasteiger partial charge on any atom is 0.280 e. The molecular weight excluding hydrogens is 454 g/mol. The molecule has 11 heteroatoms. The average Bonchev–Trinajstić information content (AvgIpc) is 2.96. The Morgan fingerprint density at radius 2 is 1.72 bits per heavy atom. The number of rotatable bonds is 7. The Kier molecular flexibility index (Phi) is 6.45. The molecule has 174 valence electrons. The summed E-state index contributed by atoms with van der Waals surface area (Å²) in [7, 11) is -7.56. The van der Waals surface area contributed by atoms with Crippen molar-refractivity contribution in [3.05, 3.63) is 64.9 Å². The standard InChI is InChI=1S/C21H27N3O6S2/c1-21(2,3)16-7-9-17(10-8-16)32(29,30)22-12-4-5-15-6-11-18(19(25)13-15)24-23-20(26)14-31(24,27)28/h6-11,13-14,22-23,25-26H,4-5,12H2,1-3H3. The summed E-state index contributed by atoms with van der Waals surface area (Å²) >= 11 is 0. The topological polar surface area (TPSA) is 136 Å². The Labute approximate surface area is 188 Å². The van der Waals surface area contributed by atoms with E-state index >= 15 is 0 Å². The minimum Gasteiger partial charge on any atom is -0.506 e. The van der Waals surface area contributed by atoms with Gasteiger partial charge in [-0.2, -0.15) is 12.8 Å². The Bertz CT molecular complexity index is 1230. The number of sulfonamides is 2. The van der Waals surface area contributed by atoms with E-state index in [0.717, 1.165) is 5.56 Å². The zero-order valence-corrected chi connectivity index (χ0v) is 19.7. The van der Waals surface area contributed by atoms with E-state index in [9.17, 15) is 27.0 Å². The third-order valence-corrected chi connectivity index (χ3v) is 7.75. The molecule has 0 aliphatic carbocycles. The molecule has 32 heavy (non-hydrogen) atoms. The third-order valence-electron chi connectivity index (χ3n) is 4.95. The van der Waals surface area contributed by atoms with Gasteiger partial charge >= 0.3 is 0 Å². The van der Waals surface area contributed by atoms with Crippen molar-refractivity contribution >= 4 is 25.7 Å². The molecule has 0 amide bonds.